The Labute approximate surface area is 184 Å². The molecule has 2 aromatic carbocycles. The number of methoxy groups -OCH3 is 2. The summed E-state index contributed by atoms with van der Waals surface area (Å²) in [5.41, 5.74) is 3.76. The highest BCUT2D eigenvalue weighted by Crippen LogP contribution is 2.30. The van der Waals surface area contributed by atoms with Gasteiger partial charge in [0.2, 0.25) is 15.9 Å². The predicted octanol–water partition coefficient (Wildman–Crippen LogP) is 3.08. The van der Waals surface area contributed by atoms with Gasteiger partial charge in [-0.3, -0.25) is 4.79 Å². The van der Waals surface area contributed by atoms with Gasteiger partial charge in [0.1, 0.15) is 0 Å². The van der Waals surface area contributed by atoms with E-state index in [9.17, 15) is 13.2 Å². The minimum Gasteiger partial charge on any atom is -0.493 e. The van der Waals surface area contributed by atoms with E-state index < -0.39 is 10.0 Å². The van der Waals surface area contributed by atoms with Crippen molar-refractivity contribution in [1.82, 2.24) is 9.62 Å². The first-order valence-electron chi connectivity index (χ1n) is 10.4. The highest BCUT2D eigenvalue weighted by molar-refractivity contribution is 7.89. The van der Waals surface area contributed by atoms with Gasteiger partial charge in [-0.1, -0.05) is 18.2 Å². The lowest BCUT2D eigenvalue weighted by Gasteiger charge is -2.22. The fraction of sp³-hybridized carbons (Fsp3) is 0.435. The summed E-state index contributed by atoms with van der Waals surface area (Å²) < 4.78 is 37.2. The third-order valence-corrected chi connectivity index (χ3v) is 7.48. The van der Waals surface area contributed by atoms with Gasteiger partial charge >= 0.3 is 0 Å². The third-order valence-electron chi connectivity index (χ3n) is 5.68. The molecule has 1 aliphatic rings. The first kappa shape index (κ1) is 23.1. The Morgan fingerprint density at radius 3 is 2.39 bits per heavy atom. The number of sulfonamides is 1. The summed E-state index contributed by atoms with van der Waals surface area (Å²) >= 11 is 0. The van der Waals surface area contributed by atoms with Crippen molar-refractivity contribution in [3.8, 4) is 11.5 Å². The Morgan fingerprint density at radius 1 is 1.03 bits per heavy atom. The van der Waals surface area contributed by atoms with Crippen LogP contribution in [0.5, 0.6) is 11.5 Å². The maximum absolute atomic E-state index is 12.9. The standard InChI is InChI=1S/C23H30N2O5S/c1-16(18-10-9-17-7-5-6-8-19(17)13-18)24-23(26)15-25(2)31(27,28)20-11-12-21(29-3)22(14-20)30-4/h9-14,16H,5-8,15H2,1-4H3,(H,24,26). The molecule has 0 spiro atoms. The third kappa shape index (κ3) is 5.19. The maximum Gasteiger partial charge on any atom is 0.243 e. The summed E-state index contributed by atoms with van der Waals surface area (Å²) in [5, 5.41) is 2.91. The van der Waals surface area contributed by atoms with E-state index in [0.717, 1.165) is 22.7 Å². The molecule has 0 heterocycles. The lowest BCUT2D eigenvalue weighted by molar-refractivity contribution is -0.121. The molecule has 0 aromatic heterocycles. The molecule has 0 radical (unpaired) electrons. The number of likely N-dealkylation sites (N-methyl/N-ethyl adjacent to an activating group) is 1. The topological polar surface area (TPSA) is 84.9 Å². The van der Waals surface area contributed by atoms with Crippen LogP contribution in [0.1, 0.15) is 42.5 Å². The fourth-order valence-electron chi connectivity index (χ4n) is 3.84. The second kappa shape index (κ2) is 9.70. The molecule has 2 aromatic rings. The van der Waals surface area contributed by atoms with Crippen molar-refractivity contribution >= 4 is 15.9 Å². The van der Waals surface area contributed by atoms with Crippen molar-refractivity contribution in [2.24, 2.45) is 0 Å². The Kier molecular flexibility index (Phi) is 7.23. The van der Waals surface area contributed by atoms with Crippen LogP contribution < -0.4 is 14.8 Å². The number of nitrogens with one attached hydrogen (secondary N) is 1. The SMILES string of the molecule is COc1ccc(S(=O)(=O)N(C)CC(=O)NC(C)c2ccc3c(c2)CCCC3)cc1OC. The number of aryl methyl sites for hydroxylation is 2. The van der Waals surface area contributed by atoms with Crippen LogP contribution >= 0.6 is 0 Å². The lowest BCUT2D eigenvalue weighted by Crippen LogP contribution is -2.39. The van der Waals surface area contributed by atoms with Gasteiger partial charge in [0.25, 0.3) is 0 Å². The maximum atomic E-state index is 12.9. The Balaban J connectivity index is 1.67. The number of carbonyl (C=O) groups excluding carboxylic acids is 1. The molecule has 0 aliphatic heterocycles. The van der Waals surface area contributed by atoms with Crippen molar-refractivity contribution in [1.29, 1.82) is 0 Å². The highest BCUT2D eigenvalue weighted by Gasteiger charge is 2.25. The van der Waals surface area contributed by atoms with Gasteiger partial charge in [-0.15, -0.1) is 0 Å². The van der Waals surface area contributed by atoms with Gasteiger partial charge in [-0.2, -0.15) is 4.31 Å². The summed E-state index contributed by atoms with van der Waals surface area (Å²) in [6.07, 6.45) is 4.58. The molecule has 31 heavy (non-hydrogen) atoms. The van der Waals surface area contributed by atoms with E-state index in [0.29, 0.717) is 11.5 Å². The average molecular weight is 447 g/mol. The smallest absolute Gasteiger partial charge is 0.243 e. The number of ether oxygens (including phenoxy) is 2. The summed E-state index contributed by atoms with van der Waals surface area (Å²) in [5.74, 6) is 0.375. The Hall–Kier alpha value is -2.58. The fourth-order valence-corrected chi connectivity index (χ4v) is 4.98. The second-order valence-electron chi connectivity index (χ2n) is 7.80. The van der Waals surface area contributed by atoms with E-state index in [1.165, 1.54) is 63.4 Å². The Morgan fingerprint density at radius 2 is 1.71 bits per heavy atom. The molecular formula is C23H30N2O5S. The summed E-state index contributed by atoms with van der Waals surface area (Å²) in [7, 11) is 0.433. The Bertz CT molecular complexity index is 1050. The molecule has 1 N–H and O–H groups in total. The molecule has 8 heteroatoms. The van der Waals surface area contributed by atoms with Gasteiger partial charge in [0.05, 0.1) is 31.7 Å². The van der Waals surface area contributed by atoms with Crippen molar-refractivity contribution in [2.45, 2.75) is 43.5 Å². The molecule has 0 bridgehead atoms. The van der Waals surface area contributed by atoms with E-state index in [4.69, 9.17) is 9.47 Å². The second-order valence-corrected chi connectivity index (χ2v) is 9.85. The van der Waals surface area contributed by atoms with Crippen molar-refractivity contribution in [3.63, 3.8) is 0 Å². The number of fused-ring (bicyclic) bond motifs is 1. The molecule has 1 unspecified atom stereocenters. The van der Waals surface area contributed by atoms with Crippen LogP contribution in [0.4, 0.5) is 0 Å². The normalized spacial score (nSPS) is 14.6. The molecular weight excluding hydrogens is 416 g/mol. The number of amides is 1. The van der Waals surface area contributed by atoms with Crippen LogP contribution in [0.15, 0.2) is 41.3 Å². The first-order chi connectivity index (χ1) is 14.8. The monoisotopic (exact) mass is 446 g/mol. The van der Waals surface area contributed by atoms with E-state index >= 15 is 0 Å². The quantitative estimate of drug-likeness (QED) is 0.674. The predicted molar refractivity (Wildman–Crippen MR) is 119 cm³/mol. The van der Waals surface area contributed by atoms with Crippen molar-refractivity contribution in [2.75, 3.05) is 27.8 Å². The average Bonchev–Trinajstić information content (AvgIpc) is 2.77. The van der Waals surface area contributed by atoms with Gasteiger partial charge in [0, 0.05) is 13.1 Å². The van der Waals surface area contributed by atoms with Crippen LogP contribution in [-0.4, -0.2) is 46.4 Å². The molecule has 1 amide bonds. The van der Waals surface area contributed by atoms with Crippen LogP contribution in [0.3, 0.4) is 0 Å². The van der Waals surface area contributed by atoms with Crippen molar-refractivity contribution < 1.29 is 22.7 Å². The molecule has 7 nitrogen and oxygen atoms in total. The van der Waals surface area contributed by atoms with Gasteiger partial charge in [-0.25, -0.2) is 8.42 Å². The van der Waals surface area contributed by atoms with E-state index in [2.05, 4.69) is 17.4 Å². The van der Waals surface area contributed by atoms with Crippen LogP contribution in [0.25, 0.3) is 0 Å². The zero-order valence-corrected chi connectivity index (χ0v) is 19.3. The van der Waals surface area contributed by atoms with Crippen LogP contribution in [0.2, 0.25) is 0 Å². The van der Waals surface area contributed by atoms with Crippen LogP contribution in [0, 0.1) is 0 Å². The number of benzene rings is 2. The first-order valence-corrected chi connectivity index (χ1v) is 11.8. The summed E-state index contributed by atoms with van der Waals surface area (Å²) in [6, 6.07) is 10.5. The lowest BCUT2D eigenvalue weighted by atomic mass is 9.89. The van der Waals surface area contributed by atoms with E-state index in [1.807, 2.05) is 13.0 Å². The molecule has 168 valence electrons. The number of carbonyl (C=O) groups is 1. The van der Waals surface area contributed by atoms with E-state index in [-0.39, 0.29) is 23.4 Å². The van der Waals surface area contributed by atoms with Gasteiger partial charge < -0.3 is 14.8 Å². The minimum atomic E-state index is -3.87. The van der Waals surface area contributed by atoms with Crippen LogP contribution in [-0.2, 0) is 27.7 Å². The van der Waals surface area contributed by atoms with Gasteiger partial charge in [-0.05, 0) is 61.4 Å². The number of hydrogen-bond acceptors (Lipinski definition) is 5. The largest absolute Gasteiger partial charge is 0.493 e. The number of nitrogens with zero attached hydrogens (tertiary/aromatic N) is 1. The highest BCUT2D eigenvalue weighted by atomic mass is 32.2. The molecule has 0 saturated carbocycles. The number of hydrogen-bond donors (Lipinski definition) is 1. The molecule has 0 saturated heterocycles. The molecule has 1 atom stereocenters. The van der Waals surface area contributed by atoms with Crippen molar-refractivity contribution in [3.05, 3.63) is 53.1 Å². The molecule has 3 rings (SSSR count). The molecule has 0 fully saturated rings. The zero-order valence-electron chi connectivity index (χ0n) is 18.5. The summed E-state index contributed by atoms with van der Waals surface area (Å²) in [4.78, 5) is 12.6. The van der Waals surface area contributed by atoms with Gasteiger partial charge in [0.15, 0.2) is 11.5 Å². The molecule has 1 aliphatic carbocycles. The zero-order chi connectivity index (χ0) is 22.6. The summed E-state index contributed by atoms with van der Waals surface area (Å²) in [6.45, 7) is 1.62. The number of rotatable bonds is 8. The minimum absolute atomic E-state index is 0.0307. The van der Waals surface area contributed by atoms with E-state index in [1.54, 1.807) is 0 Å².